The lowest BCUT2D eigenvalue weighted by molar-refractivity contribution is 1.33. The quantitative estimate of drug-likeness (QED) is 0.732. The Hall–Kier alpha value is -1.76. The standard InChI is InChI=1S/C16H21N/c1-5-9-13-14(10-6-2)16(12-8-4)17-15(13)11-7-3/h5-12,17H,1-4H3/b9-5-,10-6-,11-7-,12-8-. The number of H-pyrrole nitrogens is 1. The number of hydrogen-bond acceptors (Lipinski definition) is 0. The molecule has 0 bridgehead atoms. The fourth-order valence-electron chi connectivity index (χ4n) is 1.86. The van der Waals surface area contributed by atoms with Crippen molar-refractivity contribution < 1.29 is 0 Å². The molecule has 0 amide bonds. The Bertz CT molecular complexity index is 425. The van der Waals surface area contributed by atoms with Crippen LogP contribution in [0.3, 0.4) is 0 Å². The Morgan fingerprint density at radius 3 is 1.24 bits per heavy atom. The summed E-state index contributed by atoms with van der Waals surface area (Å²) >= 11 is 0. The van der Waals surface area contributed by atoms with E-state index in [4.69, 9.17) is 0 Å². The Morgan fingerprint density at radius 2 is 0.941 bits per heavy atom. The number of hydrogen-bond donors (Lipinski definition) is 1. The molecule has 1 nitrogen and oxygen atoms in total. The molecule has 1 heterocycles. The van der Waals surface area contributed by atoms with E-state index in [0.29, 0.717) is 0 Å². The highest BCUT2D eigenvalue weighted by Gasteiger charge is 2.09. The Balaban J connectivity index is 3.47. The van der Waals surface area contributed by atoms with E-state index in [1.165, 1.54) is 11.1 Å². The molecule has 1 N–H and O–H groups in total. The zero-order chi connectivity index (χ0) is 12.7. The second-order valence-electron chi connectivity index (χ2n) is 3.78. The van der Waals surface area contributed by atoms with Gasteiger partial charge in [-0.15, -0.1) is 0 Å². The number of allylic oxidation sites excluding steroid dienone is 4. The van der Waals surface area contributed by atoms with Crippen molar-refractivity contribution in [2.45, 2.75) is 27.7 Å². The summed E-state index contributed by atoms with van der Waals surface area (Å²) < 4.78 is 0. The topological polar surface area (TPSA) is 15.8 Å². The average Bonchev–Trinajstić information content (AvgIpc) is 2.61. The van der Waals surface area contributed by atoms with Crippen LogP contribution in [0.25, 0.3) is 24.3 Å². The summed E-state index contributed by atoms with van der Waals surface area (Å²) in [7, 11) is 0. The summed E-state index contributed by atoms with van der Waals surface area (Å²) in [6, 6.07) is 0. The van der Waals surface area contributed by atoms with Gasteiger partial charge in [-0.3, -0.25) is 0 Å². The monoisotopic (exact) mass is 227 g/mol. The maximum absolute atomic E-state index is 3.45. The molecule has 0 atom stereocenters. The molecule has 0 aliphatic carbocycles. The van der Waals surface area contributed by atoms with E-state index in [1.54, 1.807) is 0 Å². The van der Waals surface area contributed by atoms with Gasteiger partial charge in [0.25, 0.3) is 0 Å². The molecule has 0 unspecified atom stereocenters. The third-order valence-electron chi connectivity index (χ3n) is 2.47. The summed E-state index contributed by atoms with van der Waals surface area (Å²) in [6.45, 7) is 8.15. The highest BCUT2D eigenvalue weighted by atomic mass is 14.7. The maximum Gasteiger partial charge on any atom is 0.0461 e. The van der Waals surface area contributed by atoms with Crippen molar-refractivity contribution in [2.75, 3.05) is 0 Å². The number of rotatable bonds is 4. The predicted octanol–water partition coefficient (Wildman–Crippen LogP) is 5.15. The third kappa shape index (κ3) is 3.10. The minimum Gasteiger partial charge on any atom is -0.355 e. The smallest absolute Gasteiger partial charge is 0.0461 e. The van der Waals surface area contributed by atoms with E-state index >= 15 is 0 Å². The second kappa shape index (κ2) is 6.74. The molecule has 17 heavy (non-hydrogen) atoms. The summed E-state index contributed by atoms with van der Waals surface area (Å²) in [5.74, 6) is 0. The molecule has 0 spiro atoms. The van der Waals surface area contributed by atoms with Crippen molar-refractivity contribution in [1.82, 2.24) is 4.98 Å². The van der Waals surface area contributed by atoms with E-state index in [0.717, 1.165) is 11.4 Å². The molecule has 1 rings (SSSR count). The van der Waals surface area contributed by atoms with Crippen molar-refractivity contribution in [2.24, 2.45) is 0 Å². The van der Waals surface area contributed by atoms with Gasteiger partial charge in [0.15, 0.2) is 0 Å². The first-order chi connectivity index (χ1) is 8.28. The predicted molar refractivity (Wildman–Crippen MR) is 79.6 cm³/mol. The molecule has 0 aliphatic rings. The van der Waals surface area contributed by atoms with Crippen LogP contribution in [0.2, 0.25) is 0 Å². The van der Waals surface area contributed by atoms with Crippen LogP contribution in [0.1, 0.15) is 50.2 Å². The van der Waals surface area contributed by atoms with Crippen LogP contribution < -0.4 is 0 Å². The molecule has 0 aliphatic heterocycles. The number of aromatic nitrogens is 1. The van der Waals surface area contributed by atoms with E-state index in [2.05, 4.69) is 53.6 Å². The minimum atomic E-state index is 1.16. The van der Waals surface area contributed by atoms with Gasteiger partial charge in [0.05, 0.1) is 0 Å². The lowest BCUT2D eigenvalue weighted by Crippen LogP contribution is -1.78. The molecule has 0 saturated carbocycles. The lowest BCUT2D eigenvalue weighted by atomic mass is 10.1. The number of nitrogens with one attached hydrogen (secondary N) is 1. The molecule has 1 aromatic heterocycles. The summed E-state index contributed by atoms with van der Waals surface area (Å²) in [4.78, 5) is 3.45. The lowest BCUT2D eigenvalue weighted by Gasteiger charge is -1.96. The summed E-state index contributed by atoms with van der Waals surface area (Å²) in [6.07, 6.45) is 16.8. The SMILES string of the molecule is C/C=C\c1[nH]c(/C=C\C)c(/C=C\C)c1/C=C\C. The van der Waals surface area contributed by atoms with Gasteiger partial charge in [-0.05, 0) is 39.8 Å². The van der Waals surface area contributed by atoms with Crippen molar-refractivity contribution >= 4 is 24.3 Å². The van der Waals surface area contributed by atoms with Gasteiger partial charge in [0.1, 0.15) is 0 Å². The van der Waals surface area contributed by atoms with Gasteiger partial charge in [-0.25, -0.2) is 0 Å². The van der Waals surface area contributed by atoms with Gasteiger partial charge in [0.2, 0.25) is 0 Å². The first-order valence-electron chi connectivity index (χ1n) is 6.05. The minimum absolute atomic E-state index is 1.16. The Morgan fingerprint density at radius 1 is 0.588 bits per heavy atom. The Kier molecular flexibility index (Phi) is 5.28. The van der Waals surface area contributed by atoms with E-state index in [9.17, 15) is 0 Å². The summed E-state index contributed by atoms with van der Waals surface area (Å²) in [5, 5.41) is 0. The van der Waals surface area contributed by atoms with Gasteiger partial charge >= 0.3 is 0 Å². The van der Waals surface area contributed by atoms with Crippen LogP contribution in [-0.4, -0.2) is 4.98 Å². The van der Waals surface area contributed by atoms with Gasteiger partial charge in [0, 0.05) is 22.5 Å². The van der Waals surface area contributed by atoms with Crippen LogP contribution in [0.4, 0.5) is 0 Å². The van der Waals surface area contributed by atoms with Crippen molar-refractivity contribution in [1.29, 1.82) is 0 Å². The van der Waals surface area contributed by atoms with E-state index in [1.807, 2.05) is 27.7 Å². The molecule has 1 aromatic rings. The molecular formula is C16H21N. The summed E-state index contributed by atoms with van der Waals surface area (Å²) in [5.41, 5.74) is 4.81. The van der Waals surface area contributed by atoms with E-state index < -0.39 is 0 Å². The zero-order valence-corrected chi connectivity index (χ0v) is 11.1. The maximum atomic E-state index is 3.45. The largest absolute Gasteiger partial charge is 0.355 e. The van der Waals surface area contributed by atoms with Crippen molar-refractivity contribution in [3.63, 3.8) is 0 Å². The molecular weight excluding hydrogens is 206 g/mol. The highest BCUT2D eigenvalue weighted by molar-refractivity contribution is 5.78. The highest BCUT2D eigenvalue weighted by Crippen LogP contribution is 2.25. The fraction of sp³-hybridized carbons (Fsp3) is 0.250. The molecule has 90 valence electrons. The van der Waals surface area contributed by atoms with Crippen LogP contribution in [0.15, 0.2) is 24.3 Å². The van der Waals surface area contributed by atoms with Crippen LogP contribution in [-0.2, 0) is 0 Å². The van der Waals surface area contributed by atoms with Crippen LogP contribution in [0.5, 0.6) is 0 Å². The normalized spacial score (nSPS) is 12.9. The first-order valence-corrected chi connectivity index (χ1v) is 6.05. The van der Waals surface area contributed by atoms with Crippen molar-refractivity contribution in [3.05, 3.63) is 46.8 Å². The third-order valence-corrected chi connectivity index (χ3v) is 2.47. The second-order valence-corrected chi connectivity index (χ2v) is 3.78. The van der Waals surface area contributed by atoms with Gasteiger partial charge in [-0.1, -0.05) is 36.5 Å². The zero-order valence-electron chi connectivity index (χ0n) is 11.1. The van der Waals surface area contributed by atoms with Crippen LogP contribution in [0, 0.1) is 0 Å². The van der Waals surface area contributed by atoms with Crippen LogP contribution >= 0.6 is 0 Å². The van der Waals surface area contributed by atoms with Gasteiger partial charge in [-0.2, -0.15) is 0 Å². The molecule has 0 fully saturated rings. The number of aromatic amines is 1. The van der Waals surface area contributed by atoms with Crippen molar-refractivity contribution in [3.8, 4) is 0 Å². The Labute approximate surface area is 104 Å². The first kappa shape index (κ1) is 13.3. The molecule has 0 aromatic carbocycles. The molecule has 1 heteroatoms. The average molecular weight is 227 g/mol. The van der Waals surface area contributed by atoms with Gasteiger partial charge < -0.3 is 4.98 Å². The molecule has 0 radical (unpaired) electrons. The molecule has 0 saturated heterocycles. The van der Waals surface area contributed by atoms with E-state index in [-0.39, 0.29) is 0 Å². The fourth-order valence-corrected chi connectivity index (χ4v) is 1.86.